The summed E-state index contributed by atoms with van der Waals surface area (Å²) < 4.78 is 4.96. The van der Waals surface area contributed by atoms with Gasteiger partial charge in [0.25, 0.3) is 0 Å². The van der Waals surface area contributed by atoms with E-state index in [4.69, 9.17) is 4.74 Å². The molecule has 146 valence electrons. The lowest BCUT2D eigenvalue weighted by Crippen LogP contribution is -2.24. The normalized spacial score (nSPS) is 14.3. The van der Waals surface area contributed by atoms with Gasteiger partial charge in [0.2, 0.25) is 5.91 Å². The molecular weight excluding hydrogens is 366 g/mol. The number of cyclic esters (lactones) is 1. The van der Waals surface area contributed by atoms with Gasteiger partial charge < -0.3 is 10.1 Å². The van der Waals surface area contributed by atoms with E-state index in [0.29, 0.717) is 25.3 Å². The van der Waals surface area contributed by atoms with Crippen molar-refractivity contribution in [3.05, 3.63) is 90.3 Å². The highest BCUT2D eigenvalue weighted by molar-refractivity contribution is 5.96. The molecule has 2 aromatic carbocycles. The molecule has 6 heteroatoms. The predicted molar refractivity (Wildman–Crippen MR) is 111 cm³/mol. The summed E-state index contributed by atoms with van der Waals surface area (Å²) >= 11 is 0. The van der Waals surface area contributed by atoms with E-state index in [1.54, 1.807) is 35.4 Å². The third kappa shape index (κ3) is 4.43. The zero-order valence-electron chi connectivity index (χ0n) is 15.8. The Labute approximate surface area is 169 Å². The average molecular weight is 387 g/mol. The van der Waals surface area contributed by atoms with E-state index in [2.05, 4.69) is 10.3 Å². The van der Waals surface area contributed by atoms with Crippen LogP contribution in [0.5, 0.6) is 0 Å². The maximum atomic E-state index is 13.1. The largest absolute Gasteiger partial charge is 0.447 e. The summed E-state index contributed by atoms with van der Waals surface area (Å²) in [5.74, 6) is -0.463. The average Bonchev–Trinajstić information content (AvgIpc) is 3.20. The fraction of sp³-hybridized carbons (Fsp3) is 0.174. The summed E-state index contributed by atoms with van der Waals surface area (Å²) in [4.78, 5) is 30.7. The summed E-state index contributed by atoms with van der Waals surface area (Å²) in [6.07, 6.45) is 1.90. The van der Waals surface area contributed by atoms with Crippen molar-refractivity contribution in [1.29, 1.82) is 0 Å². The van der Waals surface area contributed by atoms with Crippen molar-refractivity contribution >= 4 is 23.4 Å². The first-order valence-corrected chi connectivity index (χ1v) is 9.51. The first kappa shape index (κ1) is 18.7. The number of ether oxygens (including phenoxy) is 1. The van der Waals surface area contributed by atoms with Crippen LogP contribution in [0.2, 0.25) is 0 Å². The molecule has 1 aliphatic heterocycles. The Balaban J connectivity index is 1.51. The minimum Gasteiger partial charge on any atom is -0.447 e. The molecule has 3 aromatic rings. The van der Waals surface area contributed by atoms with Crippen molar-refractivity contribution in [3.63, 3.8) is 0 Å². The fourth-order valence-corrected chi connectivity index (χ4v) is 3.36. The van der Waals surface area contributed by atoms with Gasteiger partial charge in [-0.15, -0.1) is 0 Å². The van der Waals surface area contributed by atoms with Crippen LogP contribution in [0.1, 0.15) is 17.2 Å². The van der Waals surface area contributed by atoms with Crippen molar-refractivity contribution in [2.45, 2.75) is 12.3 Å². The minimum atomic E-state index is -0.362. The van der Waals surface area contributed by atoms with E-state index in [9.17, 15) is 9.59 Å². The molecule has 1 saturated heterocycles. The van der Waals surface area contributed by atoms with E-state index in [-0.39, 0.29) is 17.9 Å². The van der Waals surface area contributed by atoms with Crippen LogP contribution in [0.4, 0.5) is 16.2 Å². The van der Waals surface area contributed by atoms with Gasteiger partial charge in [-0.05, 0) is 42.0 Å². The van der Waals surface area contributed by atoms with Crippen LogP contribution in [0.15, 0.2) is 79.0 Å². The van der Waals surface area contributed by atoms with Gasteiger partial charge in [0.15, 0.2) is 0 Å². The Morgan fingerprint density at radius 3 is 2.45 bits per heavy atom. The number of nitrogens with one attached hydrogen (secondary N) is 1. The molecule has 29 heavy (non-hydrogen) atoms. The number of carbonyl (C=O) groups excluding carboxylic acids is 2. The zero-order chi connectivity index (χ0) is 20.1. The van der Waals surface area contributed by atoms with Gasteiger partial charge in [-0.2, -0.15) is 0 Å². The summed E-state index contributed by atoms with van der Waals surface area (Å²) in [5.41, 5.74) is 3.22. The number of benzene rings is 2. The highest BCUT2D eigenvalue weighted by Gasteiger charge is 2.24. The van der Waals surface area contributed by atoms with Crippen LogP contribution in [0, 0.1) is 0 Å². The summed E-state index contributed by atoms with van der Waals surface area (Å²) in [5, 5.41) is 2.99. The SMILES string of the molecule is O=C(Nc1ccc(N2CCOC2=O)cc1)C(Cc1ccccn1)c1ccccc1. The molecule has 6 nitrogen and oxygen atoms in total. The number of anilines is 2. The summed E-state index contributed by atoms with van der Waals surface area (Å²) in [7, 11) is 0. The second-order valence-electron chi connectivity index (χ2n) is 6.79. The molecule has 2 heterocycles. The van der Waals surface area contributed by atoms with E-state index in [1.165, 1.54) is 0 Å². The number of rotatable bonds is 6. The minimum absolute atomic E-state index is 0.102. The van der Waals surface area contributed by atoms with Gasteiger partial charge in [0.05, 0.1) is 12.5 Å². The van der Waals surface area contributed by atoms with Gasteiger partial charge in [0.1, 0.15) is 6.61 Å². The second-order valence-corrected chi connectivity index (χ2v) is 6.79. The molecule has 0 spiro atoms. The number of hydrogen-bond donors (Lipinski definition) is 1. The van der Waals surface area contributed by atoms with Gasteiger partial charge in [-0.3, -0.25) is 14.7 Å². The van der Waals surface area contributed by atoms with Gasteiger partial charge >= 0.3 is 6.09 Å². The Morgan fingerprint density at radius 1 is 1.03 bits per heavy atom. The molecule has 2 amide bonds. The quantitative estimate of drug-likeness (QED) is 0.694. The number of aromatic nitrogens is 1. The molecule has 0 bridgehead atoms. The maximum Gasteiger partial charge on any atom is 0.414 e. The fourth-order valence-electron chi connectivity index (χ4n) is 3.36. The van der Waals surface area contributed by atoms with Crippen LogP contribution in [-0.4, -0.2) is 30.1 Å². The van der Waals surface area contributed by atoms with Gasteiger partial charge in [-0.25, -0.2) is 4.79 Å². The molecule has 1 atom stereocenters. The molecule has 0 aliphatic carbocycles. The van der Waals surface area contributed by atoms with E-state index in [1.807, 2.05) is 48.5 Å². The first-order valence-electron chi connectivity index (χ1n) is 9.51. The third-order valence-corrected chi connectivity index (χ3v) is 4.87. The standard InChI is InChI=1S/C23H21N3O3/c27-22(25-18-9-11-20(12-10-18)26-14-15-29-23(26)28)21(17-6-2-1-3-7-17)16-19-8-4-5-13-24-19/h1-13,21H,14-16H2,(H,25,27). The lowest BCUT2D eigenvalue weighted by atomic mass is 9.93. The molecule has 0 saturated carbocycles. The van der Waals surface area contributed by atoms with Crippen LogP contribution in [-0.2, 0) is 16.0 Å². The monoisotopic (exact) mass is 387 g/mol. The van der Waals surface area contributed by atoms with E-state index >= 15 is 0 Å². The van der Waals surface area contributed by atoms with Crippen LogP contribution in [0.25, 0.3) is 0 Å². The van der Waals surface area contributed by atoms with Gasteiger partial charge in [0, 0.05) is 29.7 Å². The van der Waals surface area contributed by atoms with Crippen molar-refractivity contribution in [2.24, 2.45) is 0 Å². The summed E-state index contributed by atoms with van der Waals surface area (Å²) in [6, 6.07) is 22.6. The lowest BCUT2D eigenvalue weighted by Gasteiger charge is -2.18. The third-order valence-electron chi connectivity index (χ3n) is 4.87. The molecule has 0 radical (unpaired) electrons. The van der Waals surface area contributed by atoms with Crippen LogP contribution < -0.4 is 10.2 Å². The summed E-state index contributed by atoms with van der Waals surface area (Å²) in [6.45, 7) is 0.925. The highest BCUT2D eigenvalue weighted by Crippen LogP contribution is 2.24. The maximum absolute atomic E-state index is 13.1. The zero-order valence-corrected chi connectivity index (χ0v) is 15.8. The molecule has 1 unspecified atom stereocenters. The number of pyridine rings is 1. The molecule has 4 rings (SSSR count). The Hall–Kier alpha value is -3.67. The number of hydrogen-bond acceptors (Lipinski definition) is 4. The Kier molecular flexibility index (Phi) is 5.52. The number of carbonyl (C=O) groups is 2. The van der Waals surface area contributed by atoms with Crippen molar-refractivity contribution < 1.29 is 14.3 Å². The second kappa shape index (κ2) is 8.56. The lowest BCUT2D eigenvalue weighted by molar-refractivity contribution is -0.117. The Bertz CT molecular complexity index is 975. The smallest absolute Gasteiger partial charge is 0.414 e. The molecule has 1 N–H and O–H groups in total. The predicted octanol–water partition coefficient (Wildman–Crippen LogP) is 4.00. The first-order chi connectivity index (χ1) is 14.2. The number of nitrogens with zero attached hydrogens (tertiary/aromatic N) is 2. The van der Waals surface area contributed by atoms with Crippen molar-refractivity contribution in [3.8, 4) is 0 Å². The van der Waals surface area contributed by atoms with Crippen molar-refractivity contribution in [1.82, 2.24) is 4.98 Å². The topological polar surface area (TPSA) is 71.5 Å². The van der Waals surface area contributed by atoms with Crippen LogP contribution in [0.3, 0.4) is 0 Å². The molecule has 1 aromatic heterocycles. The Morgan fingerprint density at radius 2 is 1.79 bits per heavy atom. The van der Waals surface area contributed by atoms with E-state index < -0.39 is 0 Å². The number of amides is 2. The molecular formula is C23H21N3O3. The van der Waals surface area contributed by atoms with Gasteiger partial charge in [-0.1, -0.05) is 36.4 Å². The van der Waals surface area contributed by atoms with Crippen LogP contribution >= 0.6 is 0 Å². The highest BCUT2D eigenvalue weighted by atomic mass is 16.6. The molecule has 1 fully saturated rings. The molecule has 1 aliphatic rings. The van der Waals surface area contributed by atoms with E-state index in [0.717, 1.165) is 16.9 Å². The van der Waals surface area contributed by atoms with Crippen molar-refractivity contribution in [2.75, 3.05) is 23.4 Å².